The van der Waals surface area contributed by atoms with E-state index in [0.29, 0.717) is 28.4 Å². The number of halogens is 1. The largest absolute Gasteiger partial charge is 0.497 e. The van der Waals surface area contributed by atoms with Gasteiger partial charge < -0.3 is 15.0 Å². The Balaban J connectivity index is 2.28. The summed E-state index contributed by atoms with van der Waals surface area (Å²) in [4.78, 5) is 28.3. The third kappa shape index (κ3) is 8.63. The van der Waals surface area contributed by atoms with Gasteiger partial charge in [-0.2, -0.15) is 0 Å². The predicted octanol–water partition coefficient (Wildman–Crippen LogP) is 4.93. The molecule has 10 heteroatoms. The molecular formula is C28H40ClN3O5S. The van der Waals surface area contributed by atoms with Crippen LogP contribution in [0.2, 0.25) is 5.02 Å². The van der Waals surface area contributed by atoms with Crippen molar-refractivity contribution in [3.63, 3.8) is 0 Å². The molecule has 2 rings (SSSR count). The van der Waals surface area contributed by atoms with Crippen molar-refractivity contribution in [2.45, 2.75) is 72.0 Å². The van der Waals surface area contributed by atoms with Crippen LogP contribution in [0.3, 0.4) is 0 Å². The molecule has 210 valence electrons. The highest BCUT2D eigenvalue weighted by Gasteiger charge is 2.29. The van der Waals surface area contributed by atoms with Crippen LogP contribution in [0.4, 0.5) is 5.69 Å². The van der Waals surface area contributed by atoms with Crippen LogP contribution in [0.25, 0.3) is 0 Å². The molecule has 0 saturated heterocycles. The minimum atomic E-state index is -3.61. The first-order valence-corrected chi connectivity index (χ1v) is 15.1. The van der Waals surface area contributed by atoms with E-state index in [4.69, 9.17) is 16.3 Å². The molecular weight excluding hydrogens is 526 g/mol. The lowest BCUT2D eigenvalue weighted by Crippen LogP contribution is -2.50. The normalized spacial score (nSPS) is 12.9. The monoisotopic (exact) mass is 565 g/mol. The Bertz CT molecular complexity index is 1200. The van der Waals surface area contributed by atoms with Crippen LogP contribution < -0.4 is 14.4 Å². The van der Waals surface area contributed by atoms with Gasteiger partial charge in [-0.1, -0.05) is 43.6 Å². The van der Waals surface area contributed by atoms with Crippen LogP contribution in [0.5, 0.6) is 5.75 Å². The number of hydrogen-bond donors (Lipinski definition) is 1. The summed E-state index contributed by atoms with van der Waals surface area (Å²) in [5, 5.41) is 3.46. The fourth-order valence-corrected chi connectivity index (χ4v) is 5.36. The van der Waals surface area contributed by atoms with Gasteiger partial charge in [0.05, 0.1) is 19.1 Å². The molecule has 2 aromatic rings. The van der Waals surface area contributed by atoms with E-state index >= 15 is 0 Å². The second-order valence-corrected chi connectivity index (χ2v) is 11.8. The molecule has 0 unspecified atom stereocenters. The fraction of sp³-hybridized carbons (Fsp3) is 0.500. The first kappa shape index (κ1) is 31.4. The van der Waals surface area contributed by atoms with Gasteiger partial charge in [0.25, 0.3) is 0 Å². The summed E-state index contributed by atoms with van der Waals surface area (Å²) in [7, 11) is -2.04. The number of carbonyl (C=O) groups excluding carboxylic acids is 2. The second kappa shape index (κ2) is 14.4. The molecule has 38 heavy (non-hydrogen) atoms. The summed E-state index contributed by atoms with van der Waals surface area (Å²) in [5.41, 5.74) is 1.97. The molecule has 0 fully saturated rings. The van der Waals surface area contributed by atoms with Crippen molar-refractivity contribution < 1.29 is 22.7 Å². The predicted molar refractivity (Wildman–Crippen MR) is 153 cm³/mol. The molecule has 0 aliphatic rings. The third-order valence-electron chi connectivity index (χ3n) is 6.53. The van der Waals surface area contributed by atoms with Gasteiger partial charge in [0.1, 0.15) is 11.8 Å². The van der Waals surface area contributed by atoms with Gasteiger partial charge in [0.15, 0.2) is 0 Å². The van der Waals surface area contributed by atoms with Crippen molar-refractivity contribution in [2.75, 3.05) is 24.2 Å². The number of amides is 2. The maximum absolute atomic E-state index is 13.6. The second-order valence-electron chi connectivity index (χ2n) is 9.44. The highest BCUT2D eigenvalue weighted by atomic mass is 35.5. The number of rotatable bonds is 14. The standard InChI is InChI=1S/C28H40ClN3O5S/c1-7-20(3)30-28(34)25(8-2)31(19-22-12-9-13-23(18-22)37-5)27(33)16-11-17-32(38(6,35)36)26-15-10-14-24(29)21(26)4/h9-10,12-15,18,20,25H,7-8,11,16-17,19H2,1-6H3,(H,30,34)/t20-,25+/m0/s1. The number of nitrogens with one attached hydrogen (secondary N) is 1. The van der Waals surface area contributed by atoms with Gasteiger partial charge in [0.2, 0.25) is 21.8 Å². The van der Waals surface area contributed by atoms with Crippen LogP contribution in [-0.2, 0) is 26.2 Å². The Labute approximate surface area is 232 Å². The fourth-order valence-electron chi connectivity index (χ4n) is 4.18. The smallest absolute Gasteiger partial charge is 0.243 e. The summed E-state index contributed by atoms with van der Waals surface area (Å²) < 4.78 is 31.8. The van der Waals surface area contributed by atoms with E-state index in [9.17, 15) is 18.0 Å². The van der Waals surface area contributed by atoms with Crippen LogP contribution >= 0.6 is 11.6 Å². The van der Waals surface area contributed by atoms with Crippen LogP contribution in [-0.4, -0.2) is 57.1 Å². The van der Waals surface area contributed by atoms with E-state index in [2.05, 4.69) is 5.32 Å². The SMILES string of the molecule is CC[C@H](C(=O)N[C@@H](C)CC)N(Cc1cccc(OC)c1)C(=O)CCCN(c1cccc(Cl)c1C)S(C)(=O)=O. The van der Waals surface area contributed by atoms with Gasteiger partial charge in [-0.15, -0.1) is 0 Å². The number of ether oxygens (including phenoxy) is 1. The summed E-state index contributed by atoms with van der Waals surface area (Å²) in [6, 6.07) is 11.8. The van der Waals surface area contributed by atoms with Crippen LogP contribution in [0.1, 0.15) is 57.6 Å². The van der Waals surface area contributed by atoms with E-state index in [1.165, 1.54) is 4.31 Å². The number of methoxy groups -OCH3 is 1. The molecule has 0 bridgehead atoms. The van der Waals surface area contributed by atoms with Crippen molar-refractivity contribution >= 4 is 39.1 Å². The number of sulfonamides is 1. The van der Waals surface area contributed by atoms with Gasteiger partial charge >= 0.3 is 0 Å². The lowest BCUT2D eigenvalue weighted by molar-refractivity contribution is -0.141. The first-order chi connectivity index (χ1) is 17.9. The minimum Gasteiger partial charge on any atom is -0.497 e. The topological polar surface area (TPSA) is 96.0 Å². The Morgan fingerprint density at radius 3 is 2.39 bits per heavy atom. The Hall–Kier alpha value is -2.78. The summed E-state index contributed by atoms with van der Waals surface area (Å²) in [5.74, 6) is 0.230. The third-order valence-corrected chi connectivity index (χ3v) is 8.12. The van der Waals surface area contributed by atoms with E-state index in [1.807, 2.05) is 45.0 Å². The zero-order valence-corrected chi connectivity index (χ0v) is 24.7. The Morgan fingerprint density at radius 2 is 1.79 bits per heavy atom. The van der Waals surface area contributed by atoms with Crippen molar-refractivity contribution in [1.82, 2.24) is 10.2 Å². The zero-order valence-electron chi connectivity index (χ0n) is 23.2. The number of benzene rings is 2. The van der Waals surface area contributed by atoms with Crippen molar-refractivity contribution in [1.29, 1.82) is 0 Å². The maximum Gasteiger partial charge on any atom is 0.243 e. The first-order valence-electron chi connectivity index (χ1n) is 12.9. The van der Waals surface area contributed by atoms with E-state index in [0.717, 1.165) is 18.2 Å². The van der Waals surface area contributed by atoms with Crippen LogP contribution in [0, 0.1) is 6.92 Å². The summed E-state index contributed by atoms with van der Waals surface area (Å²) >= 11 is 6.23. The number of carbonyl (C=O) groups is 2. The van der Waals surface area contributed by atoms with Crippen molar-refractivity contribution in [3.05, 3.63) is 58.6 Å². The zero-order chi connectivity index (χ0) is 28.5. The molecule has 0 saturated carbocycles. The molecule has 2 atom stereocenters. The summed E-state index contributed by atoms with van der Waals surface area (Å²) in [6.45, 7) is 7.88. The minimum absolute atomic E-state index is 0.0189. The number of hydrogen-bond acceptors (Lipinski definition) is 5. The highest BCUT2D eigenvalue weighted by Crippen LogP contribution is 2.28. The van der Waals surface area contributed by atoms with Gasteiger partial charge in [-0.25, -0.2) is 8.42 Å². The summed E-state index contributed by atoms with van der Waals surface area (Å²) in [6.07, 6.45) is 2.70. The number of nitrogens with zero attached hydrogens (tertiary/aromatic N) is 2. The molecule has 0 aliphatic heterocycles. The molecule has 0 spiro atoms. The van der Waals surface area contributed by atoms with E-state index in [-0.39, 0.29) is 43.8 Å². The van der Waals surface area contributed by atoms with Gasteiger partial charge in [0, 0.05) is 30.6 Å². The Morgan fingerprint density at radius 1 is 1.11 bits per heavy atom. The molecule has 2 aromatic carbocycles. The lowest BCUT2D eigenvalue weighted by Gasteiger charge is -2.32. The van der Waals surface area contributed by atoms with Crippen LogP contribution in [0.15, 0.2) is 42.5 Å². The van der Waals surface area contributed by atoms with E-state index < -0.39 is 16.1 Å². The van der Waals surface area contributed by atoms with Gasteiger partial charge in [-0.3, -0.25) is 13.9 Å². The molecule has 8 nitrogen and oxygen atoms in total. The molecule has 2 amide bonds. The van der Waals surface area contributed by atoms with Crippen molar-refractivity contribution in [3.8, 4) is 5.75 Å². The molecule has 0 aromatic heterocycles. The average Bonchev–Trinajstić information content (AvgIpc) is 2.87. The quantitative estimate of drug-likeness (QED) is 0.350. The Kier molecular flexibility index (Phi) is 11.9. The molecule has 1 N–H and O–H groups in total. The molecule has 0 aliphatic carbocycles. The van der Waals surface area contributed by atoms with Gasteiger partial charge in [-0.05, 0) is 68.5 Å². The molecule has 0 radical (unpaired) electrons. The molecule has 0 heterocycles. The number of anilines is 1. The maximum atomic E-state index is 13.6. The average molecular weight is 566 g/mol. The highest BCUT2D eigenvalue weighted by molar-refractivity contribution is 7.92. The van der Waals surface area contributed by atoms with E-state index in [1.54, 1.807) is 37.1 Å². The lowest BCUT2D eigenvalue weighted by atomic mass is 10.1. The van der Waals surface area contributed by atoms with Crippen molar-refractivity contribution in [2.24, 2.45) is 0 Å².